The summed E-state index contributed by atoms with van der Waals surface area (Å²) in [6.07, 6.45) is -3.65. The van der Waals surface area contributed by atoms with Crippen molar-refractivity contribution in [2.24, 2.45) is 0 Å². The largest absolute Gasteiger partial charge is 0.490 e. The quantitative estimate of drug-likeness (QED) is 0.204. The molecule has 0 aliphatic heterocycles. The summed E-state index contributed by atoms with van der Waals surface area (Å²) in [5.41, 5.74) is -0.256. The van der Waals surface area contributed by atoms with Gasteiger partial charge in [-0.1, -0.05) is 11.6 Å². The Morgan fingerprint density at radius 2 is 1.83 bits per heavy atom. The molecule has 184 valence electrons. The molecule has 1 aromatic carbocycles. The van der Waals surface area contributed by atoms with Crippen LogP contribution >= 0.6 is 11.6 Å². The number of H-pyrrole nitrogens is 1. The van der Waals surface area contributed by atoms with Gasteiger partial charge in [-0.15, -0.1) is 0 Å². The van der Waals surface area contributed by atoms with Gasteiger partial charge in [0, 0.05) is 35.6 Å². The maximum absolute atomic E-state index is 13.0. The van der Waals surface area contributed by atoms with Gasteiger partial charge in [-0.3, -0.25) is 10.1 Å². The number of hydrogen-bond acceptors (Lipinski definition) is 5. The summed E-state index contributed by atoms with van der Waals surface area (Å²) in [7, 11) is 0. The van der Waals surface area contributed by atoms with Crippen LogP contribution in [0.3, 0.4) is 0 Å². The van der Waals surface area contributed by atoms with Crippen LogP contribution in [0, 0.1) is 10.1 Å². The van der Waals surface area contributed by atoms with E-state index in [9.17, 15) is 36.5 Å². The van der Waals surface area contributed by atoms with E-state index in [1.165, 1.54) is 12.4 Å². The first-order valence-electron chi connectivity index (χ1n) is 9.03. The molecule has 0 atom stereocenters. The number of rotatable bonds is 3. The van der Waals surface area contributed by atoms with E-state index in [-0.39, 0.29) is 5.69 Å². The van der Waals surface area contributed by atoms with E-state index in [0.717, 1.165) is 15.6 Å². The Balaban J connectivity index is 0.000000429. The standard InChI is InChI=1S/C17H9ClF3N5O2.C2HF3O2/c18-13-5-10(17(19,20)21)6-14(26(27)28)15(13)25-8-9(7-24-25)11-1-3-22-16-12(11)2-4-23-16;3-2(4,5)1(6)7/h1-8H,(H,22,23);(H,6,7). The van der Waals surface area contributed by atoms with Crippen molar-refractivity contribution in [3.63, 3.8) is 0 Å². The number of halogens is 7. The number of fused-ring (bicyclic) bond motifs is 1. The first-order valence-corrected chi connectivity index (χ1v) is 9.40. The molecule has 4 rings (SSSR count). The molecule has 0 unspecified atom stereocenters. The Kier molecular flexibility index (Phi) is 6.73. The number of carbonyl (C=O) groups is 1. The van der Waals surface area contributed by atoms with E-state index in [2.05, 4.69) is 15.1 Å². The minimum Gasteiger partial charge on any atom is -0.475 e. The van der Waals surface area contributed by atoms with Crippen molar-refractivity contribution in [2.75, 3.05) is 0 Å². The third-order valence-corrected chi connectivity index (χ3v) is 4.68. The van der Waals surface area contributed by atoms with Gasteiger partial charge in [0.2, 0.25) is 0 Å². The fraction of sp³-hybridized carbons (Fsp3) is 0.105. The average molecular weight is 522 g/mol. The van der Waals surface area contributed by atoms with Crippen LogP contribution in [-0.2, 0) is 11.0 Å². The van der Waals surface area contributed by atoms with Gasteiger partial charge in [-0.25, -0.2) is 14.5 Å². The molecule has 9 nitrogen and oxygen atoms in total. The summed E-state index contributed by atoms with van der Waals surface area (Å²) >= 11 is 5.97. The Morgan fingerprint density at radius 3 is 2.40 bits per heavy atom. The summed E-state index contributed by atoms with van der Waals surface area (Å²) in [6.45, 7) is 0. The Morgan fingerprint density at radius 1 is 1.17 bits per heavy atom. The molecular formula is C19H10ClF6N5O4. The SMILES string of the molecule is O=C(O)C(F)(F)F.O=[N+]([O-])c1cc(C(F)(F)F)cc(Cl)c1-n1cc(-c2ccnc3[nH]ccc23)cn1. The second-order valence-corrected chi connectivity index (χ2v) is 7.06. The lowest BCUT2D eigenvalue weighted by Crippen LogP contribution is -2.21. The number of aromatic nitrogens is 4. The van der Waals surface area contributed by atoms with Gasteiger partial charge in [0.1, 0.15) is 5.65 Å². The van der Waals surface area contributed by atoms with E-state index in [1.54, 1.807) is 18.5 Å². The zero-order valence-corrected chi connectivity index (χ0v) is 17.5. The van der Waals surface area contributed by atoms with Gasteiger partial charge >= 0.3 is 18.3 Å². The molecule has 3 heterocycles. The Hall–Kier alpha value is -4.14. The van der Waals surface area contributed by atoms with Gasteiger partial charge in [0.25, 0.3) is 5.69 Å². The van der Waals surface area contributed by atoms with Crippen LogP contribution in [-0.4, -0.2) is 41.9 Å². The number of pyridine rings is 1. The number of carboxylic acid groups (broad SMARTS) is 1. The molecule has 0 radical (unpaired) electrons. The van der Waals surface area contributed by atoms with Crippen molar-refractivity contribution in [1.29, 1.82) is 0 Å². The summed E-state index contributed by atoms with van der Waals surface area (Å²) < 4.78 is 71.8. The molecule has 3 aromatic heterocycles. The third-order valence-electron chi connectivity index (χ3n) is 4.39. The number of nitro groups is 1. The summed E-state index contributed by atoms with van der Waals surface area (Å²) in [4.78, 5) is 26.5. The second kappa shape index (κ2) is 9.25. The molecule has 16 heteroatoms. The van der Waals surface area contributed by atoms with Gasteiger partial charge in [0.05, 0.1) is 21.7 Å². The van der Waals surface area contributed by atoms with Gasteiger partial charge in [-0.05, 0) is 23.8 Å². The zero-order chi connectivity index (χ0) is 26.1. The van der Waals surface area contributed by atoms with E-state index in [0.29, 0.717) is 23.3 Å². The molecule has 4 aromatic rings. The Bertz CT molecular complexity index is 1410. The lowest BCUT2D eigenvalue weighted by molar-refractivity contribution is -0.384. The smallest absolute Gasteiger partial charge is 0.475 e. The highest BCUT2D eigenvalue weighted by atomic mass is 35.5. The average Bonchev–Trinajstić information content (AvgIpc) is 3.41. The monoisotopic (exact) mass is 521 g/mol. The highest BCUT2D eigenvalue weighted by Gasteiger charge is 2.38. The van der Waals surface area contributed by atoms with Crippen molar-refractivity contribution in [1.82, 2.24) is 19.7 Å². The molecule has 0 spiro atoms. The van der Waals surface area contributed by atoms with Crippen LogP contribution < -0.4 is 0 Å². The van der Waals surface area contributed by atoms with E-state index < -0.39 is 39.5 Å². The highest BCUT2D eigenvalue weighted by Crippen LogP contribution is 2.39. The van der Waals surface area contributed by atoms with Crippen molar-refractivity contribution in [3.05, 3.63) is 69.8 Å². The lowest BCUT2D eigenvalue weighted by atomic mass is 10.1. The lowest BCUT2D eigenvalue weighted by Gasteiger charge is -2.11. The van der Waals surface area contributed by atoms with Crippen LogP contribution in [0.5, 0.6) is 0 Å². The molecule has 0 aliphatic rings. The van der Waals surface area contributed by atoms with Crippen LogP contribution in [0.15, 0.2) is 49.1 Å². The number of carboxylic acids is 1. The number of nitro benzene ring substituents is 1. The molecule has 0 saturated carbocycles. The second-order valence-electron chi connectivity index (χ2n) is 6.66. The minimum absolute atomic E-state index is 0.245. The predicted molar refractivity (Wildman–Crippen MR) is 109 cm³/mol. The van der Waals surface area contributed by atoms with Crippen molar-refractivity contribution in [2.45, 2.75) is 12.4 Å². The van der Waals surface area contributed by atoms with Gasteiger partial charge < -0.3 is 10.1 Å². The van der Waals surface area contributed by atoms with E-state index in [1.807, 2.05) is 6.07 Å². The summed E-state index contributed by atoms with van der Waals surface area (Å²) in [6, 6.07) is 4.63. The first-order chi connectivity index (χ1) is 16.2. The number of nitrogens with one attached hydrogen (secondary N) is 1. The molecule has 0 amide bonds. The van der Waals surface area contributed by atoms with Crippen molar-refractivity contribution in [3.8, 4) is 16.8 Å². The van der Waals surface area contributed by atoms with Gasteiger partial charge in [0.15, 0.2) is 5.69 Å². The summed E-state index contributed by atoms with van der Waals surface area (Å²) in [5, 5.41) is 22.9. The fourth-order valence-corrected chi connectivity index (χ4v) is 3.21. The number of benzene rings is 1. The number of aliphatic carboxylic acids is 1. The molecule has 0 fully saturated rings. The van der Waals surface area contributed by atoms with Crippen molar-refractivity contribution < 1.29 is 41.2 Å². The normalized spacial score (nSPS) is 11.7. The van der Waals surface area contributed by atoms with E-state index >= 15 is 0 Å². The maximum Gasteiger partial charge on any atom is 0.490 e. The van der Waals surface area contributed by atoms with Crippen LogP contribution in [0.4, 0.5) is 32.0 Å². The number of hydrogen-bond donors (Lipinski definition) is 2. The van der Waals surface area contributed by atoms with Crippen LogP contribution in [0.2, 0.25) is 5.02 Å². The van der Waals surface area contributed by atoms with Crippen LogP contribution in [0.1, 0.15) is 5.56 Å². The third kappa shape index (κ3) is 5.51. The van der Waals surface area contributed by atoms with Crippen LogP contribution in [0.25, 0.3) is 27.8 Å². The number of nitrogens with zero attached hydrogens (tertiary/aromatic N) is 4. The van der Waals surface area contributed by atoms with E-state index in [4.69, 9.17) is 21.5 Å². The summed E-state index contributed by atoms with van der Waals surface area (Å²) in [5.74, 6) is -2.76. The van der Waals surface area contributed by atoms with Gasteiger partial charge in [-0.2, -0.15) is 31.4 Å². The topological polar surface area (TPSA) is 127 Å². The van der Waals surface area contributed by atoms with Crippen molar-refractivity contribution >= 4 is 34.3 Å². The number of alkyl halides is 6. The molecule has 0 bridgehead atoms. The molecule has 0 saturated heterocycles. The minimum atomic E-state index is -5.08. The molecule has 2 N–H and O–H groups in total. The Labute approximate surface area is 194 Å². The molecular weight excluding hydrogens is 512 g/mol. The maximum atomic E-state index is 13.0. The highest BCUT2D eigenvalue weighted by molar-refractivity contribution is 6.33. The zero-order valence-electron chi connectivity index (χ0n) is 16.7. The molecule has 0 aliphatic carbocycles. The first kappa shape index (κ1) is 25.5. The predicted octanol–water partition coefficient (Wildman–Crippen LogP) is 5.63. The fourth-order valence-electron chi connectivity index (χ4n) is 2.91. The number of aromatic amines is 1. The molecule has 35 heavy (non-hydrogen) atoms.